The topological polar surface area (TPSA) is 43.4 Å². The van der Waals surface area contributed by atoms with E-state index in [1.165, 1.54) is 12.8 Å². The van der Waals surface area contributed by atoms with Crippen LogP contribution in [0.25, 0.3) is 0 Å². The van der Waals surface area contributed by atoms with Gasteiger partial charge in [-0.1, -0.05) is 27.7 Å². The van der Waals surface area contributed by atoms with Crippen LogP contribution in [0.4, 0.5) is 0 Å². The second-order valence-electron chi connectivity index (χ2n) is 6.35. The van der Waals surface area contributed by atoms with E-state index in [0.29, 0.717) is 17.4 Å². The van der Waals surface area contributed by atoms with Gasteiger partial charge in [0.05, 0.1) is 12.9 Å². The lowest BCUT2D eigenvalue weighted by atomic mass is 9.64. The molecule has 0 aromatic carbocycles. The van der Waals surface area contributed by atoms with Gasteiger partial charge in [-0.25, -0.2) is 0 Å². The minimum atomic E-state index is -3.28. The normalized spacial score (nSPS) is 32.9. The molecule has 102 valence electrons. The SMILES string of the molecule is C[C@H]1CC[C@@](C)(CCCOS(C)(=O)=O)C1(C)C. The molecule has 0 N–H and O–H groups in total. The van der Waals surface area contributed by atoms with E-state index < -0.39 is 10.1 Å². The highest BCUT2D eigenvalue weighted by Crippen LogP contribution is 2.57. The van der Waals surface area contributed by atoms with Crippen molar-refractivity contribution in [2.75, 3.05) is 12.9 Å². The van der Waals surface area contributed by atoms with Gasteiger partial charge in [0.2, 0.25) is 0 Å². The summed E-state index contributed by atoms with van der Waals surface area (Å²) in [6, 6.07) is 0. The Morgan fingerprint density at radius 3 is 2.29 bits per heavy atom. The van der Waals surface area contributed by atoms with Crippen molar-refractivity contribution in [2.24, 2.45) is 16.7 Å². The summed E-state index contributed by atoms with van der Waals surface area (Å²) in [6.07, 6.45) is 5.48. The van der Waals surface area contributed by atoms with Gasteiger partial charge < -0.3 is 0 Å². The lowest BCUT2D eigenvalue weighted by Crippen LogP contribution is -2.33. The first-order valence-electron chi connectivity index (χ1n) is 6.43. The largest absolute Gasteiger partial charge is 0.270 e. The maximum absolute atomic E-state index is 10.9. The summed E-state index contributed by atoms with van der Waals surface area (Å²) in [6.45, 7) is 9.64. The Morgan fingerprint density at radius 1 is 1.29 bits per heavy atom. The minimum absolute atomic E-state index is 0.313. The quantitative estimate of drug-likeness (QED) is 0.564. The summed E-state index contributed by atoms with van der Waals surface area (Å²) in [5, 5.41) is 0. The fourth-order valence-electron chi connectivity index (χ4n) is 2.93. The van der Waals surface area contributed by atoms with E-state index in [9.17, 15) is 8.42 Å². The van der Waals surface area contributed by atoms with Gasteiger partial charge in [-0.3, -0.25) is 4.18 Å². The number of rotatable bonds is 5. The Hall–Kier alpha value is -0.0900. The molecule has 1 saturated carbocycles. The summed E-state index contributed by atoms with van der Waals surface area (Å²) in [5.41, 5.74) is 0.644. The van der Waals surface area contributed by atoms with Crippen LogP contribution < -0.4 is 0 Å². The highest BCUT2D eigenvalue weighted by atomic mass is 32.2. The molecule has 3 nitrogen and oxygen atoms in total. The Labute approximate surface area is 106 Å². The Bertz CT molecular complexity index is 359. The molecule has 17 heavy (non-hydrogen) atoms. The first kappa shape index (κ1) is 15.0. The van der Waals surface area contributed by atoms with Gasteiger partial charge >= 0.3 is 0 Å². The van der Waals surface area contributed by atoms with Crippen LogP contribution in [0.3, 0.4) is 0 Å². The van der Waals surface area contributed by atoms with Crippen LogP contribution in [0.2, 0.25) is 0 Å². The van der Waals surface area contributed by atoms with Crippen molar-refractivity contribution in [3.8, 4) is 0 Å². The third-order valence-corrected chi connectivity index (χ3v) is 5.68. The van der Waals surface area contributed by atoms with Gasteiger partial charge in [-0.05, 0) is 42.4 Å². The molecule has 0 bridgehead atoms. The van der Waals surface area contributed by atoms with Crippen LogP contribution in [0, 0.1) is 16.7 Å². The maximum atomic E-state index is 10.9. The monoisotopic (exact) mass is 262 g/mol. The molecule has 1 rings (SSSR count). The van der Waals surface area contributed by atoms with Crippen LogP contribution in [-0.2, 0) is 14.3 Å². The fraction of sp³-hybridized carbons (Fsp3) is 1.00. The van der Waals surface area contributed by atoms with Crippen LogP contribution in [0.1, 0.15) is 53.4 Å². The minimum Gasteiger partial charge on any atom is -0.270 e. The molecule has 0 heterocycles. The second kappa shape index (κ2) is 4.88. The predicted molar refractivity (Wildman–Crippen MR) is 70.3 cm³/mol. The molecular weight excluding hydrogens is 236 g/mol. The zero-order chi connectivity index (χ0) is 13.3. The molecule has 2 atom stereocenters. The molecule has 0 spiro atoms. The molecule has 0 radical (unpaired) electrons. The lowest BCUT2D eigenvalue weighted by Gasteiger charge is -2.41. The van der Waals surface area contributed by atoms with Crippen LogP contribution in [0.5, 0.6) is 0 Å². The van der Waals surface area contributed by atoms with Crippen molar-refractivity contribution in [1.29, 1.82) is 0 Å². The molecule has 1 aliphatic rings. The Morgan fingerprint density at radius 2 is 1.88 bits per heavy atom. The van der Waals surface area contributed by atoms with Gasteiger partial charge in [0.25, 0.3) is 10.1 Å². The van der Waals surface area contributed by atoms with E-state index in [1.54, 1.807) is 0 Å². The standard InChI is InChI=1S/C13H26O3S/c1-11-7-9-13(4,12(11,2)3)8-6-10-16-17(5,14)15/h11H,6-10H2,1-5H3/t11-,13+/m0/s1. The number of hydrogen-bond acceptors (Lipinski definition) is 3. The van der Waals surface area contributed by atoms with Crippen LogP contribution in [-0.4, -0.2) is 21.3 Å². The van der Waals surface area contributed by atoms with Crippen molar-refractivity contribution in [3.63, 3.8) is 0 Å². The molecule has 1 aliphatic carbocycles. The molecule has 0 amide bonds. The van der Waals surface area contributed by atoms with Crippen molar-refractivity contribution in [2.45, 2.75) is 53.4 Å². The molecule has 4 heteroatoms. The first-order valence-corrected chi connectivity index (χ1v) is 8.24. The zero-order valence-corrected chi connectivity index (χ0v) is 12.6. The zero-order valence-electron chi connectivity index (χ0n) is 11.7. The molecule has 0 saturated heterocycles. The molecule has 0 aliphatic heterocycles. The molecular formula is C13H26O3S. The average molecular weight is 262 g/mol. The van der Waals surface area contributed by atoms with Gasteiger partial charge in [0.1, 0.15) is 0 Å². The Balaban J connectivity index is 2.46. The van der Waals surface area contributed by atoms with Crippen molar-refractivity contribution < 1.29 is 12.6 Å². The molecule has 0 aromatic rings. The summed E-state index contributed by atoms with van der Waals surface area (Å²) in [7, 11) is -3.28. The van der Waals surface area contributed by atoms with Crippen LogP contribution >= 0.6 is 0 Å². The van der Waals surface area contributed by atoms with Gasteiger partial charge in [0.15, 0.2) is 0 Å². The molecule has 0 aromatic heterocycles. The van der Waals surface area contributed by atoms with Gasteiger partial charge in [-0.2, -0.15) is 8.42 Å². The maximum Gasteiger partial charge on any atom is 0.264 e. The van der Waals surface area contributed by atoms with Gasteiger partial charge in [0, 0.05) is 0 Å². The molecule has 0 unspecified atom stereocenters. The van der Waals surface area contributed by atoms with Crippen molar-refractivity contribution >= 4 is 10.1 Å². The number of hydrogen-bond donors (Lipinski definition) is 0. The third-order valence-electron chi connectivity index (χ3n) is 5.09. The third kappa shape index (κ3) is 3.44. The highest BCUT2D eigenvalue weighted by Gasteiger charge is 2.48. The van der Waals surface area contributed by atoms with Crippen LogP contribution in [0.15, 0.2) is 0 Å². The average Bonchev–Trinajstić information content (AvgIpc) is 2.37. The summed E-state index contributed by atoms with van der Waals surface area (Å²) in [4.78, 5) is 0. The fourth-order valence-corrected chi connectivity index (χ4v) is 3.35. The smallest absolute Gasteiger partial charge is 0.264 e. The lowest BCUT2D eigenvalue weighted by molar-refractivity contribution is 0.0788. The van der Waals surface area contributed by atoms with E-state index in [4.69, 9.17) is 4.18 Å². The summed E-state index contributed by atoms with van der Waals surface area (Å²) < 4.78 is 26.5. The second-order valence-corrected chi connectivity index (χ2v) is 8.00. The highest BCUT2D eigenvalue weighted by molar-refractivity contribution is 7.85. The summed E-state index contributed by atoms with van der Waals surface area (Å²) >= 11 is 0. The van der Waals surface area contributed by atoms with E-state index in [1.807, 2.05) is 0 Å². The predicted octanol–water partition coefficient (Wildman–Crippen LogP) is 3.21. The van der Waals surface area contributed by atoms with Crippen molar-refractivity contribution in [3.05, 3.63) is 0 Å². The van der Waals surface area contributed by atoms with Crippen molar-refractivity contribution in [1.82, 2.24) is 0 Å². The molecule has 1 fully saturated rings. The van der Waals surface area contributed by atoms with E-state index >= 15 is 0 Å². The van der Waals surface area contributed by atoms with E-state index in [0.717, 1.165) is 25.0 Å². The summed E-state index contributed by atoms with van der Waals surface area (Å²) in [5.74, 6) is 0.739. The van der Waals surface area contributed by atoms with E-state index in [2.05, 4.69) is 27.7 Å². The van der Waals surface area contributed by atoms with Gasteiger partial charge in [-0.15, -0.1) is 0 Å². The first-order chi connectivity index (χ1) is 7.58. The Kier molecular flexibility index (Phi) is 4.30. The van der Waals surface area contributed by atoms with E-state index in [-0.39, 0.29) is 0 Å².